The summed E-state index contributed by atoms with van der Waals surface area (Å²) >= 11 is -0.151. The Balaban J connectivity index is 0.00000288. The van der Waals surface area contributed by atoms with Gasteiger partial charge in [0.2, 0.25) is 0 Å². The molecule has 0 radical (unpaired) electrons. The quantitative estimate of drug-likeness (QED) is 0.515. The lowest BCUT2D eigenvalue weighted by atomic mass is 9.98. The van der Waals surface area contributed by atoms with Gasteiger partial charge >= 0.3 is 5.51 Å². The number of phenolic OH excluding ortho intramolecular Hbond substituents is 1. The van der Waals surface area contributed by atoms with Gasteiger partial charge in [-0.2, -0.15) is 13.2 Å². The Morgan fingerprint density at radius 2 is 1.92 bits per heavy atom. The Morgan fingerprint density at radius 3 is 2.48 bits per heavy atom. The minimum absolute atomic E-state index is 0. The van der Waals surface area contributed by atoms with Gasteiger partial charge in [-0.05, 0) is 42.8 Å². The van der Waals surface area contributed by atoms with Crippen molar-refractivity contribution in [2.45, 2.75) is 29.3 Å². The molecule has 1 aliphatic rings. The molecule has 1 aromatic rings. The second-order valence-electron chi connectivity index (χ2n) is 5.44. The summed E-state index contributed by atoms with van der Waals surface area (Å²) in [6.45, 7) is 6.99. The SMILES string of the molecule is C=CCC[C@H](c1cc(SC(F)(F)F)ccc1O)N1CCNCC1.Cl.Cl. The Hall–Kier alpha value is -0.600. The number of piperazine rings is 1. The second kappa shape index (κ2) is 11.2. The van der Waals surface area contributed by atoms with E-state index in [-0.39, 0.29) is 53.3 Å². The molecular formula is C16H23Cl2F3N2OS. The highest BCUT2D eigenvalue weighted by molar-refractivity contribution is 8.00. The van der Waals surface area contributed by atoms with Crippen molar-refractivity contribution in [2.75, 3.05) is 26.2 Å². The Labute approximate surface area is 162 Å². The van der Waals surface area contributed by atoms with E-state index in [1.807, 2.05) is 0 Å². The molecule has 0 spiro atoms. The van der Waals surface area contributed by atoms with Gasteiger partial charge in [0.05, 0.1) is 0 Å². The average Bonchev–Trinajstić information content (AvgIpc) is 2.50. The van der Waals surface area contributed by atoms with Crippen molar-refractivity contribution in [3.8, 4) is 5.75 Å². The summed E-state index contributed by atoms with van der Waals surface area (Å²) in [4.78, 5) is 2.31. The molecule has 1 heterocycles. The number of allylic oxidation sites excluding steroid dienone is 1. The summed E-state index contributed by atoms with van der Waals surface area (Å²) in [5, 5.41) is 13.4. The minimum atomic E-state index is -4.33. The molecule has 0 unspecified atom stereocenters. The molecule has 25 heavy (non-hydrogen) atoms. The van der Waals surface area contributed by atoms with E-state index in [0.717, 1.165) is 39.0 Å². The summed E-state index contributed by atoms with van der Waals surface area (Å²) in [5.41, 5.74) is -3.78. The molecular weight excluding hydrogens is 396 g/mol. The van der Waals surface area contributed by atoms with Crippen LogP contribution in [0.25, 0.3) is 0 Å². The summed E-state index contributed by atoms with van der Waals surface area (Å²) in [6, 6.07) is 4.01. The van der Waals surface area contributed by atoms with E-state index in [0.29, 0.717) is 5.56 Å². The summed E-state index contributed by atoms with van der Waals surface area (Å²) in [7, 11) is 0. The fraction of sp³-hybridized carbons (Fsp3) is 0.500. The monoisotopic (exact) mass is 418 g/mol. The normalized spacial score (nSPS) is 16.4. The number of aromatic hydroxyl groups is 1. The topological polar surface area (TPSA) is 35.5 Å². The number of thioether (sulfide) groups is 1. The number of nitrogens with zero attached hydrogens (tertiary/aromatic N) is 1. The van der Waals surface area contributed by atoms with Crippen molar-refractivity contribution < 1.29 is 18.3 Å². The van der Waals surface area contributed by atoms with E-state index in [9.17, 15) is 18.3 Å². The van der Waals surface area contributed by atoms with Crippen LogP contribution in [0.2, 0.25) is 0 Å². The van der Waals surface area contributed by atoms with Crippen LogP contribution in [0, 0.1) is 0 Å². The summed E-state index contributed by atoms with van der Waals surface area (Å²) in [5.74, 6) is 0.0455. The summed E-state index contributed by atoms with van der Waals surface area (Å²) in [6.07, 6.45) is 3.25. The first kappa shape index (κ1) is 24.4. The minimum Gasteiger partial charge on any atom is -0.508 e. The van der Waals surface area contributed by atoms with Crippen LogP contribution in [0.4, 0.5) is 13.2 Å². The maximum atomic E-state index is 12.6. The third kappa shape index (κ3) is 7.66. The maximum Gasteiger partial charge on any atom is 0.446 e. The fourth-order valence-corrected chi connectivity index (χ4v) is 3.39. The highest BCUT2D eigenvalue weighted by Gasteiger charge is 2.30. The largest absolute Gasteiger partial charge is 0.508 e. The molecule has 2 rings (SSSR count). The number of benzene rings is 1. The van der Waals surface area contributed by atoms with E-state index in [2.05, 4.69) is 16.8 Å². The smallest absolute Gasteiger partial charge is 0.446 e. The highest BCUT2D eigenvalue weighted by Crippen LogP contribution is 2.41. The van der Waals surface area contributed by atoms with Crippen LogP contribution in [0.5, 0.6) is 5.75 Å². The molecule has 9 heteroatoms. The summed E-state index contributed by atoms with van der Waals surface area (Å²) < 4.78 is 37.8. The Bertz CT molecular complexity index is 541. The predicted octanol–water partition coefficient (Wildman–Crippen LogP) is 4.76. The van der Waals surface area contributed by atoms with Crippen LogP contribution >= 0.6 is 36.6 Å². The predicted molar refractivity (Wildman–Crippen MR) is 101 cm³/mol. The first-order valence-electron chi connectivity index (χ1n) is 7.55. The zero-order valence-electron chi connectivity index (χ0n) is 13.6. The lowest BCUT2D eigenvalue weighted by Gasteiger charge is -2.35. The number of hydrogen-bond donors (Lipinski definition) is 2. The van der Waals surface area contributed by atoms with Gasteiger partial charge in [-0.25, -0.2) is 0 Å². The molecule has 144 valence electrons. The van der Waals surface area contributed by atoms with Crippen molar-refractivity contribution in [1.82, 2.24) is 10.2 Å². The van der Waals surface area contributed by atoms with Crippen molar-refractivity contribution in [3.05, 3.63) is 36.4 Å². The van der Waals surface area contributed by atoms with E-state index in [4.69, 9.17) is 0 Å². The molecule has 2 N–H and O–H groups in total. The zero-order valence-corrected chi connectivity index (χ0v) is 16.0. The van der Waals surface area contributed by atoms with Gasteiger partial charge in [0.1, 0.15) is 5.75 Å². The van der Waals surface area contributed by atoms with Gasteiger partial charge in [-0.1, -0.05) is 6.08 Å². The maximum absolute atomic E-state index is 12.6. The lowest BCUT2D eigenvalue weighted by molar-refractivity contribution is -0.0328. The van der Waals surface area contributed by atoms with Gasteiger partial charge in [0.25, 0.3) is 0 Å². The third-order valence-corrected chi connectivity index (χ3v) is 4.55. The van der Waals surface area contributed by atoms with Crippen molar-refractivity contribution in [1.29, 1.82) is 0 Å². The average molecular weight is 419 g/mol. The van der Waals surface area contributed by atoms with E-state index in [1.54, 1.807) is 6.08 Å². The molecule has 1 saturated heterocycles. The highest BCUT2D eigenvalue weighted by atomic mass is 35.5. The van der Waals surface area contributed by atoms with Crippen LogP contribution in [0.1, 0.15) is 24.4 Å². The molecule has 0 aromatic heterocycles. The van der Waals surface area contributed by atoms with Crippen LogP contribution in [-0.2, 0) is 0 Å². The standard InChI is InChI=1S/C16H21F3N2OS.2ClH/c1-2-3-4-14(21-9-7-20-8-10-21)13-11-12(5-6-15(13)22)23-16(17,18)19;;/h2,5-6,11,14,20,22H,1,3-4,7-10H2;2*1H/t14-;;/m1../s1. The van der Waals surface area contributed by atoms with Gasteiger partial charge in [-0.15, -0.1) is 31.4 Å². The molecule has 1 fully saturated rings. The molecule has 0 amide bonds. The molecule has 1 aliphatic heterocycles. The first-order valence-corrected chi connectivity index (χ1v) is 8.36. The van der Waals surface area contributed by atoms with Gasteiger partial charge < -0.3 is 10.4 Å². The van der Waals surface area contributed by atoms with Crippen molar-refractivity contribution in [2.24, 2.45) is 0 Å². The fourth-order valence-electron chi connectivity index (χ4n) is 2.80. The van der Waals surface area contributed by atoms with E-state index in [1.165, 1.54) is 18.2 Å². The lowest BCUT2D eigenvalue weighted by Crippen LogP contribution is -2.45. The molecule has 0 aliphatic carbocycles. The number of phenols is 1. The van der Waals surface area contributed by atoms with Crippen molar-refractivity contribution >= 4 is 36.6 Å². The van der Waals surface area contributed by atoms with E-state index < -0.39 is 5.51 Å². The molecule has 0 saturated carbocycles. The van der Waals surface area contributed by atoms with Crippen LogP contribution in [0.15, 0.2) is 35.7 Å². The zero-order chi connectivity index (χ0) is 16.9. The molecule has 0 bridgehead atoms. The number of nitrogens with one attached hydrogen (secondary N) is 1. The Morgan fingerprint density at radius 1 is 1.28 bits per heavy atom. The Kier molecular flexibility index (Phi) is 10.9. The number of hydrogen-bond acceptors (Lipinski definition) is 4. The molecule has 3 nitrogen and oxygen atoms in total. The van der Waals surface area contributed by atoms with Crippen LogP contribution in [0.3, 0.4) is 0 Å². The number of alkyl halides is 3. The van der Waals surface area contributed by atoms with E-state index >= 15 is 0 Å². The second-order valence-corrected chi connectivity index (χ2v) is 6.57. The van der Waals surface area contributed by atoms with Crippen LogP contribution < -0.4 is 5.32 Å². The van der Waals surface area contributed by atoms with Gasteiger partial charge in [-0.3, -0.25) is 4.90 Å². The molecule has 1 atom stereocenters. The first-order chi connectivity index (χ1) is 10.9. The number of halogens is 5. The third-order valence-electron chi connectivity index (χ3n) is 3.83. The van der Waals surface area contributed by atoms with Gasteiger partial charge in [0.15, 0.2) is 0 Å². The number of rotatable bonds is 6. The van der Waals surface area contributed by atoms with Gasteiger partial charge in [0, 0.05) is 42.7 Å². The van der Waals surface area contributed by atoms with Crippen molar-refractivity contribution in [3.63, 3.8) is 0 Å². The molecule has 1 aromatic carbocycles. The van der Waals surface area contributed by atoms with Crippen LogP contribution in [-0.4, -0.2) is 41.7 Å².